The van der Waals surface area contributed by atoms with Crippen LogP contribution >= 0.6 is 0 Å². The minimum atomic E-state index is -0.531. The van der Waals surface area contributed by atoms with Crippen LogP contribution in [-0.4, -0.2) is 21.4 Å². The van der Waals surface area contributed by atoms with Crippen molar-refractivity contribution in [2.45, 2.75) is 36.1 Å². The molecule has 2 aliphatic rings. The molecule has 0 spiro atoms. The molecule has 0 aromatic heterocycles. The molecule has 0 bridgehead atoms. The van der Waals surface area contributed by atoms with Crippen LogP contribution in [0.15, 0.2) is 0 Å². The van der Waals surface area contributed by atoms with E-state index in [1.54, 1.807) is 0 Å². The van der Waals surface area contributed by atoms with Gasteiger partial charge in [0, 0.05) is 0 Å². The normalized spacial score (nSPS) is 42.5. The average Bonchev–Trinajstić information content (AvgIpc) is 2.89. The molecule has 4 unspecified atom stereocenters. The van der Waals surface area contributed by atoms with Crippen molar-refractivity contribution >= 4 is 0 Å². The summed E-state index contributed by atoms with van der Waals surface area (Å²) < 4.78 is 6.76. The van der Waals surface area contributed by atoms with E-state index in [2.05, 4.69) is 0 Å². The van der Waals surface area contributed by atoms with Crippen molar-refractivity contribution in [3.63, 3.8) is 0 Å². The first kappa shape index (κ1) is 13.4. The van der Waals surface area contributed by atoms with E-state index in [1.165, 1.54) is 12.8 Å². The monoisotopic (exact) mass is 427 g/mol. The van der Waals surface area contributed by atoms with Gasteiger partial charge in [0.15, 0.2) is 0 Å². The molecule has 0 radical (unpaired) electrons. The number of nitrogens with two attached hydrogens (primary N) is 1. The Kier molecular flexibility index (Phi) is 5.32. The molecular weight excluding hydrogens is 412 g/mol. The van der Waals surface area contributed by atoms with Gasteiger partial charge < -0.3 is 24.0 Å². The SMILES string of the molecule is CC1C([I-][NH2+][O-])OC(C2CC2)C1O.[I-]. The summed E-state index contributed by atoms with van der Waals surface area (Å²) in [5.41, 5.74) is 0. The van der Waals surface area contributed by atoms with E-state index < -0.39 is 21.5 Å². The Bertz CT molecular complexity index is 191. The molecule has 3 N–H and O–H groups in total. The second-order valence-electron chi connectivity index (χ2n) is 3.85. The third-order valence-electron chi connectivity index (χ3n) is 2.84. The van der Waals surface area contributed by atoms with E-state index in [1.807, 2.05) is 6.92 Å². The quantitative estimate of drug-likeness (QED) is 0.204. The number of aliphatic hydroxyl groups excluding tert-OH is 1. The van der Waals surface area contributed by atoms with Crippen LogP contribution in [0.4, 0.5) is 0 Å². The zero-order valence-electron chi connectivity index (χ0n) is 7.90. The maximum Gasteiger partial charge on any atom is -1.00 e. The van der Waals surface area contributed by atoms with Crippen LogP contribution in [0.25, 0.3) is 0 Å². The van der Waals surface area contributed by atoms with Crippen LogP contribution in [0.3, 0.4) is 0 Å². The summed E-state index contributed by atoms with van der Waals surface area (Å²) in [6, 6.07) is 0. The van der Waals surface area contributed by atoms with Gasteiger partial charge in [-0.05, 0) is 0 Å². The molecule has 86 valence electrons. The summed E-state index contributed by atoms with van der Waals surface area (Å²) in [5.74, 6) is 0.724. The minimum Gasteiger partial charge on any atom is -1.00 e. The summed E-state index contributed by atoms with van der Waals surface area (Å²) >= 11 is -0.531. The molecular formula is C8H15I2NO3-2. The smallest absolute Gasteiger partial charge is 1.00 e. The van der Waals surface area contributed by atoms with E-state index >= 15 is 0 Å². The molecule has 4 atom stereocenters. The van der Waals surface area contributed by atoms with Crippen molar-refractivity contribution in [2.24, 2.45) is 11.8 Å². The molecule has 0 aromatic carbocycles. The van der Waals surface area contributed by atoms with Crippen LogP contribution in [0.1, 0.15) is 19.8 Å². The Morgan fingerprint density at radius 2 is 2.14 bits per heavy atom. The number of hydrogen-bond donors (Lipinski definition) is 2. The molecule has 1 saturated carbocycles. The van der Waals surface area contributed by atoms with Crippen molar-refractivity contribution in [3.05, 3.63) is 5.21 Å². The standard InChI is InChI=1S/C8H15INO3.HI/c1-4-6(11)7(5-2-3-5)13-8(4)9-10-12;/h4-8,11H,2-3,10H2,1H3;1H/q-1;/p-1. The molecule has 2 rings (SSSR count). The number of aliphatic hydroxyl groups is 1. The molecule has 2 fully saturated rings. The number of halogens is 2. The molecule has 4 nitrogen and oxygen atoms in total. The van der Waals surface area contributed by atoms with Gasteiger partial charge in [-0.1, -0.05) is 0 Å². The predicted octanol–water partition coefficient (Wildman–Crippen LogP) is -6.81. The van der Waals surface area contributed by atoms with Gasteiger partial charge in [0.25, 0.3) is 0 Å². The third kappa shape index (κ3) is 2.70. The molecule has 14 heavy (non-hydrogen) atoms. The summed E-state index contributed by atoms with van der Waals surface area (Å²) in [6.45, 7) is 1.99. The van der Waals surface area contributed by atoms with Crippen molar-refractivity contribution in [3.8, 4) is 0 Å². The maximum absolute atomic E-state index is 10.4. The third-order valence-corrected chi connectivity index (χ3v) is 5.27. The molecule has 1 aliphatic heterocycles. The van der Waals surface area contributed by atoms with Gasteiger partial charge in [-0.25, -0.2) is 0 Å². The van der Waals surface area contributed by atoms with Gasteiger partial charge >= 0.3 is 88.1 Å². The van der Waals surface area contributed by atoms with Crippen LogP contribution in [0, 0.1) is 17.0 Å². The van der Waals surface area contributed by atoms with Gasteiger partial charge in [-0.3, -0.25) is 0 Å². The second kappa shape index (κ2) is 5.58. The van der Waals surface area contributed by atoms with Gasteiger partial charge in [0.2, 0.25) is 0 Å². The van der Waals surface area contributed by atoms with Crippen molar-refractivity contribution in [2.75, 3.05) is 0 Å². The minimum absolute atomic E-state index is 0. The zero-order valence-corrected chi connectivity index (χ0v) is 12.2. The van der Waals surface area contributed by atoms with Gasteiger partial charge in [0.05, 0.1) is 0 Å². The topological polar surface area (TPSA) is 69.1 Å². The number of rotatable bonds is 3. The maximum atomic E-state index is 10.4. The number of alkyl halides is 1. The van der Waals surface area contributed by atoms with Crippen molar-refractivity contribution in [1.29, 1.82) is 0 Å². The fourth-order valence-corrected chi connectivity index (χ4v) is 3.70. The van der Waals surface area contributed by atoms with Gasteiger partial charge in [0.1, 0.15) is 0 Å². The Labute approximate surface area is 111 Å². The molecule has 1 heterocycles. The Balaban J connectivity index is 0.000000980. The van der Waals surface area contributed by atoms with Crippen LogP contribution in [0.2, 0.25) is 0 Å². The summed E-state index contributed by atoms with van der Waals surface area (Å²) in [6.07, 6.45) is 2.05. The Hall–Kier alpha value is 1.30. The fraction of sp³-hybridized carbons (Fsp3) is 1.00. The first-order valence-corrected chi connectivity index (χ1v) is 7.12. The number of ether oxygens (including phenoxy) is 1. The number of hydrogen-bond acceptors (Lipinski definition) is 3. The molecule has 0 aromatic rings. The second-order valence-corrected chi connectivity index (χ2v) is 6.31. The van der Waals surface area contributed by atoms with Crippen molar-refractivity contribution in [1.82, 2.24) is 0 Å². The number of quaternary nitrogens is 1. The summed E-state index contributed by atoms with van der Waals surface area (Å²) in [4.78, 5) is 0. The van der Waals surface area contributed by atoms with Crippen molar-refractivity contribution < 1.29 is 59.0 Å². The predicted molar refractivity (Wildman–Crippen MR) is 41.8 cm³/mol. The molecule has 0 amide bonds. The summed E-state index contributed by atoms with van der Waals surface area (Å²) in [7, 11) is 0. The van der Waals surface area contributed by atoms with Gasteiger partial charge in [-0.2, -0.15) is 0 Å². The van der Waals surface area contributed by atoms with Crippen LogP contribution < -0.4 is 49.1 Å². The van der Waals surface area contributed by atoms with E-state index in [-0.39, 0.29) is 46.2 Å². The van der Waals surface area contributed by atoms with Gasteiger partial charge in [-0.15, -0.1) is 0 Å². The Morgan fingerprint density at radius 1 is 1.50 bits per heavy atom. The average molecular weight is 427 g/mol. The van der Waals surface area contributed by atoms with Crippen LogP contribution in [0.5, 0.6) is 0 Å². The first-order chi connectivity index (χ1) is 6.24. The molecule has 1 saturated heterocycles. The van der Waals surface area contributed by atoms with Crippen LogP contribution in [-0.2, 0) is 4.74 Å². The molecule has 1 aliphatic carbocycles. The Morgan fingerprint density at radius 3 is 2.64 bits per heavy atom. The van der Waals surface area contributed by atoms with E-state index in [0.29, 0.717) is 5.92 Å². The largest absolute Gasteiger partial charge is 1.00 e. The first-order valence-electron chi connectivity index (χ1n) is 4.63. The van der Waals surface area contributed by atoms with E-state index in [9.17, 15) is 10.3 Å². The summed E-state index contributed by atoms with van der Waals surface area (Å²) in [5, 5.41) is 20.2. The zero-order chi connectivity index (χ0) is 9.42. The molecule has 6 heteroatoms. The fourth-order valence-electron chi connectivity index (χ4n) is 1.82. The van der Waals surface area contributed by atoms with E-state index in [4.69, 9.17) is 4.74 Å². The van der Waals surface area contributed by atoms with E-state index in [0.717, 1.165) is 3.69 Å².